The summed E-state index contributed by atoms with van der Waals surface area (Å²) in [5, 5.41) is 5.36. The number of halogens is 1. The predicted molar refractivity (Wildman–Crippen MR) is 112 cm³/mol. The molecule has 1 fully saturated rings. The molecule has 4 rings (SSSR count). The van der Waals surface area contributed by atoms with E-state index in [4.69, 9.17) is 11.6 Å². The second kappa shape index (κ2) is 8.34. The molecule has 0 N–H and O–H groups in total. The minimum absolute atomic E-state index is 0.0512. The predicted octanol–water partition coefficient (Wildman–Crippen LogP) is 3.19. The van der Waals surface area contributed by atoms with Crippen LogP contribution in [0.2, 0.25) is 5.02 Å². The van der Waals surface area contributed by atoms with E-state index in [0.29, 0.717) is 41.6 Å². The fourth-order valence-corrected chi connectivity index (χ4v) is 4.40. The van der Waals surface area contributed by atoms with Gasteiger partial charge in [0.25, 0.3) is 11.8 Å². The molecule has 29 heavy (non-hydrogen) atoms. The van der Waals surface area contributed by atoms with Crippen LogP contribution in [-0.2, 0) is 7.05 Å². The number of rotatable bonds is 3. The van der Waals surface area contributed by atoms with Gasteiger partial charge in [-0.25, -0.2) is 4.98 Å². The summed E-state index contributed by atoms with van der Waals surface area (Å²) in [7, 11) is 1.84. The van der Waals surface area contributed by atoms with E-state index in [0.717, 1.165) is 17.0 Å². The van der Waals surface area contributed by atoms with Crippen LogP contribution < -0.4 is 0 Å². The van der Waals surface area contributed by atoms with E-state index in [-0.39, 0.29) is 11.8 Å². The molecule has 0 radical (unpaired) electrons. The summed E-state index contributed by atoms with van der Waals surface area (Å²) in [4.78, 5) is 34.3. The lowest BCUT2D eigenvalue weighted by atomic mass is 10.2. The zero-order valence-corrected chi connectivity index (χ0v) is 17.5. The van der Waals surface area contributed by atoms with Gasteiger partial charge < -0.3 is 9.80 Å². The van der Waals surface area contributed by atoms with Crippen molar-refractivity contribution in [2.45, 2.75) is 6.42 Å². The number of carbonyl (C=O) groups excluding carboxylic acids is 2. The van der Waals surface area contributed by atoms with Gasteiger partial charge in [-0.3, -0.25) is 14.3 Å². The van der Waals surface area contributed by atoms with Crippen LogP contribution in [-0.4, -0.2) is 62.6 Å². The van der Waals surface area contributed by atoms with E-state index in [1.54, 1.807) is 51.1 Å². The Morgan fingerprint density at radius 1 is 1.03 bits per heavy atom. The molecule has 150 valence electrons. The van der Waals surface area contributed by atoms with E-state index < -0.39 is 0 Å². The molecule has 2 aromatic heterocycles. The van der Waals surface area contributed by atoms with Gasteiger partial charge in [0.15, 0.2) is 0 Å². The number of hydrogen-bond acceptors (Lipinski definition) is 5. The molecule has 1 aliphatic heterocycles. The van der Waals surface area contributed by atoms with Gasteiger partial charge >= 0.3 is 0 Å². The quantitative estimate of drug-likeness (QED) is 0.641. The average molecular weight is 430 g/mol. The highest BCUT2D eigenvalue weighted by Crippen LogP contribution is 2.26. The molecule has 2 amide bonds. The van der Waals surface area contributed by atoms with Crippen LogP contribution in [0, 0.1) is 0 Å². The second-order valence-electron chi connectivity index (χ2n) is 6.85. The van der Waals surface area contributed by atoms with E-state index in [2.05, 4.69) is 10.1 Å². The molecule has 1 aromatic carbocycles. The lowest BCUT2D eigenvalue weighted by Gasteiger charge is -2.22. The average Bonchev–Trinajstić information content (AvgIpc) is 3.30. The smallest absolute Gasteiger partial charge is 0.265 e. The Balaban J connectivity index is 1.43. The summed E-state index contributed by atoms with van der Waals surface area (Å²) in [6.07, 6.45) is 5.94. The minimum Gasteiger partial charge on any atom is -0.337 e. The van der Waals surface area contributed by atoms with Crippen LogP contribution in [0.1, 0.15) is 26.5 Å². The lowest BCUT2D eigenvalue weighted by molar-refractivity contribution is 0.0721. The molecule has 1 saturated heterocycles. The maximum atomic E-state index is 13.0. The number of carbonyl (C=O) groups is 2. The van der Waals surface area contributed by atoms with Gasteiger partial charge in [-0.05, 0) is 18.6 Å². The van der Waals surface area contributed by atoms with Crippen molar-refractivity contribution in [3.05, 3.63) is 58.3 Å². The first-order valence-electron chi connectivity index (χ1n) is 9.31. The monoisotopic (exact) mass is 429 g/mol. The van der Waals surface area contributed by atoms with Crippen LogP contribution in [0.3, 0.4) is 0 Å². The molecule has 0 saturated carbocycles. The van der Waals surface area contributed by atoms with Crippen molar-refractivity contribution in [1.29, 1.82) is 0 Å². The van der Waals surface area contributed by atoms with E-state index in [1.807, 2.05) is 13.2 Å². The Morgan fingerprint density at radius 2 is 1.76 bits per heavy atom. The van der Waals surface area contributed by atoms with Crippen molar-refractivity contribution in [3.63, 3.8) is 0 Å². The molecule has 0 unspecified atom stereocenters. The summed E-state index contributed by atoms with van der Waals surface area (Å²) in [6.45, 7) is 2.15. The van der Waals surface area contributed by atoms with Crippen LogP contribution in [0.4, 0.5) is 0 Å². The van der Waals surface area contributed by atoms with E-state index >= 15 is 0 Å². The number of amides is 2. The highest BCUT2D eigenvalue weighted by atomic mass is 35.5. The van der Waals surface area contributed by atoms with Gasteiger partial charge in [-0.15, -0.1) is 11.3 Å². The van der Waals surface area contributed by atoms with Crippen molar-refractivity contribution < 1.29 is 9.59 Å². The summed E-state index contributed by atoms with van der Waals surface area (Å²) in [5.74, 6) is -0.147. The number of thiazole rings is 1. The van der Waals surface area contributed by atoms with Gasteiger partial charge in [0, 0.05) is 45.0 Å². The number of aromatic nitrogens is 3. The third-order valence-corrected chi connectivity index (χ3v) is 6.21. The Morgan fingerprint density at radius 3 is 2.45 bits per heavy atom. The molecular weight excluding hydrogens is 410 g/mol. The fraction of sp³-hybridized carbons (Fsp3) is 0.300. The van der Waals surface area contributed by atoms with Crippen molar-refractivity contribution in [1.82, 2.24) is 24.6 Å². The molecule has 0 spiro atoms. The summed E-state index contributed by atoms with van der Waals surface area (Å²) < 4.78 is 1.71. The molecule has 0 aliphatic carbocycles. The molecular formula is C20H20ClN5O2S. The summed E-state index contributed by atoms with van der Waals surface area (Å²) in [5.41, 5.74) is 1.39. The van der Waals surface area contributed by atoms with Gasteiger partial charge in [-0.2, -0.15) is 5.10 Å². The Kier molecular flexibility index (Phi) is 5.64. The Hall–Kier alpha value is -2.71. The van der Waals surface area contributed by atoms with Gasteiger partial charge in [0.05, 0.1) is 23.0 Å². The largest absolute Gasteiger partial charge is 0.337 e. The van der Waals surface area contributed by atoms with Crippen molar-refractivity contribution >= 4 is 34.8 Å². The van der Waals surface area contributed by atoms with Crippen molar-refractivity contribution in [3.8, 4) is 10.6 Å². The first-order valence-corrected chi connectivity index (χ1v) is 10.5. The fourth-order valence-electron chi connectivity index (χ4n) is 3.32. The first-order chi connectivity index (χ1) is 14.0. The molecule has 0 atom stereocenters. The summed E-state index contributed by atoms with van der Waals surface area (Å²) >= 11 is 7.53. The van der Waals surface area contributed by atoms with Crippen LogP contribution >= 0.6 is 22.9 Å². The van der Waals surface area contributed by atoms with E-state index in [1.165, 1.54) is 11.3 Å². The minimum atomic E-state index is -0.0958. The number of hydrogen-bond donors (Lipinski definition) is 0. The van der Waals surface area contributed by atoms with E-state index in [9.17, 15) is 9.59 Å². The van der Waals surface area contributed by atoms with Crippen molar-refractivity contribution in [2.24, 2.45) is 7.05 Å². The Labute approximate surface area is 177 Å². The zero-order chi connectivity index (χ0) is 20.4. The molecule has 7 nitrogen and oxygen atoms in total. The highest BCUT2D eigenvalue weighted by Gasteiger charge is 2.25. The van der Waals surface area contributed by atoms with Gasteiger partial charge in [0.2, 0.25) is 0 Å². The second-order valence-corrected chi connectivity index (χ2v) is 8.29. The van der Waals surface area contributed by atoms with Crippen LogP contribution in [0.15, 0.2) is 42.9 Å². The number of benzene rings is 1. The molecule has 1 aliphatic rings. The Bertz CT molecular complexity index is 1050. The normalized spacial score (nSPS) is 14.7. The first kappa shape index (κ1) is 19.6. The lowest BCUT2D eigenvalue weighted by Crippen LogP contribution is -2.37. The van der Waals surface area contributed by atoms with Gasteiger partial charge in [0.1, 0.15) is 9.88 Å². The van der Waals surface area contributed by atoms with Crippen molar-refractivity contribution in [2.75, 3.05) is 26.2 Å². The molecule has 9 heteroatoms. The topological polar surface area (TPSA) is 71.3 Å². The van der Waals surface area contributed by atoms with Crippen LogP contribution in [0.25, 0.3) is 10.6 Å². The molecule has 0 bridgehead atoms. The third kappa shape index (κ3) is 4.18. The molecule has 3 heterocycles. The van der Waals surface area contributed by atoms with Crippen LogP contribution in [0.5, 0.6) is 0 Å². The number of aryl methyl sites for hydroxylation is 1. The highest BCUT2D eigenvalue weighted by molar-refractivity contribution is 7.16. The standard InChI is InChI=1S/C20H20ClN5O2S/c1-24-13-14(11-23-24)18-22-12-17(29-18)20(28)26-8-4-7-25(9-10-26)19(27)15-5-2-3-6-16(15)21/h2-3,5-6,11-13H,4,7-10H2,1H3. The van der Waals surface area contributed by atoms with Gasteiger partial charge in [-0.1, -0.05) is 23.7 Å². The molecule has 3 aromatic rings. The number of nitrogens with zero attached hydrogens (tertiary/aromatic N) is 5. The SMILES string of the molecule is Cn1cc(-c2ncc(C(=O)N3CCCN(C(=O)c4ccccc4Cl)CC3)s2)cn1. The summed E-state index contributed by atoms with van der Waals surface area (Å²) in [6, 6.07) is 7.05. The maximum Gasteiger partial charge on any atom is 0.265 e. The zero-order valence-electron chi connectivity index (χ0n) is 15.9. The third-order valence-electron chi connectivity index (χ3n) is 4.84. The maximum absolute atomic E-state index is 13.0.